The molecule has 2 nitrogen and oxygen atoms in total. The van der Waals surface area contributed by atoms with Crippen molar-refractivity contribution < 1.29 is 4.48 Å². The second-order valence-electron chi connectivity index (χ2n) is 3.73. The van der Waals surface area contributed by atoms with E-state index >= 15 is 0 Å². The predicted molar refractivity (Wildman–Crippen MR) is 49.3 cm³/mol. The molecule has 0 radical (unpaired) electrons. The van der Waals surface area contributed by atoms with Gasteiger partial charge in [-0.05, 0) is 13.8 Å². The molecule has 0 aromatic rings. The van der Waals surface area contributed by atoms with Gasteiger partial charge < -0.3 is 5.41 Å². The Hall–Kier alpha value is -0.850. The number of hydrogen-bond donors (Lipinski definition) is 0. The highest BCUT2D eigenvalue weighted by atomic mass is 15.3. The van der Waals surface area contributed by atoms with Crippen molar-refractivity contribution in [2.45, 2.75) is 13.8 Å². The van der Waals surface area contributed by atoms with Gasteiger partial charge in [-0.2, -0.15) is 0 Å². The van der Waals surface area contributed by atoms with E-state index in [1.54, 1.807) is 0 Å². The van der Waals surface area contributed by atoms with Gasteiger partial charge in [0.25, 0.3) is 0 Å². The lowest BCUT2D eigenvalue weighted by Gasteiger charge is -2.24. The molecule has 2 heteroatoms. The van der Waals surface area contributed by atoms with Crippen LogP contribution < -0.4 is 0 Å². The van der Waals surface area contributed by atoms with Crippen LogP contribution in [0.15, 0.2) is 17.3 Å². The maximum Gasteiger partial charge on any atom is 0.152 e. The topological polar surface area (TPSA) is 22.3 Å². The molecule has 0 amide bonds. The summed E-state index contributed by atoms with van der Waals surface area (Å²) in [4.78, 5) is 0. The zero-order valence-corrected chi connectivity index (χ0v) is 7.97. The second kappa shape index (κ2) is 3.51. The van der Waals surface area contributed by atoms with Crippen molar-refractivity contribution >= 4 is 5.87 Å². The molecule has 0 spiro atoms. The summed E-state index contributed by atoms with van der Waals surface area (Å²) in [6, 6.07) is 0. The van der Waals surface area contributed by atoms with E-state index in [9.17, 15) is 0 Å². The van der Waals surface area contributed by atoms with E-state index in [2.05, 4.69) is 5.87 Å². The molecule has 0 aliphatic carbocycles. The van der Waals surface area contributed by atoms with Crippen molar-refractivity contribution in [2.75, 3.05) is 21.1 Å². The van der Waals surface area contributed by atoms with Gasteiger partial charge in [-0.25, -0.2) is 5.87 Å². The molecule has 0 aromatic carbocycles. The monoisotopic (exact) mass is 152 g/mol. The summed E-state index contributed by atoms with van der Waals surface area (Å²) in [5, 5.41) is 8.76. The fourth-order valence-electron chi connectivity index (χ4n) is 0.649. The zero-order valence-electron chi connectivity index (χ0n) is 7.97. The van der Waals surface area contributed by atoms with Crippen LogP contribution in [0, 0.1) is 0 Å². The lowest BCUT2D eigenvalue weighted by atomic mass is 10.2. The second-order valence-corrected chi connectivity index (χ2v) is 3.73. The quantitative estimate of drug-likeness (QED) is 0.327. The maximum atomic E-state index is 8.76. The van der Waals surface area contributed by atoms with Gasteiger partial charge in [0.2, 0.25) is 0 Å². The van der Waals surface area contributed by atoms with E-state index in [-0.39, 0.29) is 0 Å². The molecule has 11 heavy (non-hydrogen) atoms. The van der Waals surface area contributed by atoms with Gasteiger partial charge >= 0.3 is 0 Å². The third-order valence-corrected chi connectivity index (χ3v) is 1.26. The summed E-state index contributed by atoms with van der Waals surface area (Å²) in [6.07, 6.45) is 1.92. The minimum atomic E-state index is 0.585. The van der Waals surface area contributed by atoms with Gasteiger partial charge in [-0.15, -0.1) is 0 Å². The molecule has 0 rings (SSSR count). The number of quaternary nitrogens is 1. The Bertz CT molecular complexity index is 208. The van der Waals surface area contributed by atoms with Crippen molar-refractivity contribution in [2.24, 2.45) is 0 Å². The van der Waals surface area contributed by atoms with Crippen LogP contribution in [0.3, 0.4) is 0 Å². The van der Waals surface area contributed by atoms with Crippen LogP contribution in [0.1, 0.15) is 13.8 Å². The summed E-state index contributed by atoms with van der Waals surface area (Å²) in [7, 11) is 5.95. The molecule has 0 saturated carbocycles. The van der Waals surface area contributed by atoms with E-state index in [0.717, 1.165) is 11.3 Å². The zero-order chi connectivity index (χ0) is 9.07. The molecule has 0 atom stereocenters. The number of nitrogens with zero attached hydrogens (tertiary/aromatic N) is 2. The van der Waals surface area contributed by atoms with Crippen molar-refractivity contribution in [3.05, 3.63) is 22.8 Å². The third-order valence-electron chi connectivity index (χ3n) is 1.26. The van der Waals surface area contributed by atoms with Crippen molar-refractivity contribution in [1.82, 2.24) is 0 Å². The van der Waals surface area contributed by atoms with Crippen LogP contribution in [0.5, 0.6) is 0 Å². The first-order chi connectivity index (χ1) is 4.88. The van der Waals surface area contributed by atoms with E-state index < -0.39 is 0 Å². The molecule has 0 fully saturated rings. The highest BCUT2D eigenvalue weighted by Crippen LogP contribution is 2.07. The Kier molecular flexibility index (Phi) is 3.24. The van der Waals surface area contributed by atoms with Gasteiger partial charge in [0.1, 0.15) is 0 Å². The Morgan fingerprint density at radius 3 is 1.82 bits per heavy atom. The minimum absolute atomic E-state index is 0.585. The van der Waals surface area contributed by atoms with Gasteiger partial charge in [0, 0.05) is 6.08 Å². The SMILES string of the molecule is CC(C)=CC(=C=[N-])[N+](C)(C)C. The average molecular weight is 152 g/mol. The summed E-state index contributed by atoms with van der Waals surface area (Å²) in [5.74, 6) is 2.19. The Morgan fingerprint density at radius 2 is 1.73 bits per heavy atom. The highest BCUT2D eigenvalue weighted by Gasteiger charge is 2.10. The molecule has 0 saturated heterocycles. The van der Waals surface area contributed by atoms with Crippen LogP contribution in [-0.2, 0) is 0 Å². The highest BCUT2D eigenvalue weighted by molar-refractivity contribution is 5.62. The van der Waals surface area contributed by atoms with Crippen molar-refractivity contribution in [3.63, 3.8) is 0 Å². The fraction of sp³-hybridized carbons (Fsp3) is 0.556. The number of hydrogen-bond acceptors (Lipinski definition) is 0. The Balaban J connectivity index is 4.75. The summed E-state index contributed by atoms with van der Waals surface area (Å²) in [5.41, 5.74) is 1.94. The smallest absolute Gasteiger partial charge is 0.152 e. The van der Waals surface area contributed by atoms with Gasteiger partial charge in [-0.3, -0.25) is 4.48 Å². The Labute approximate surface area is 68.9 Å². The van der Waals surface area contributed by atoms with Crippen molar-refractivity contribution in [1.29, 1.82) is 0 Å². The summed E-state index contributed by atoms with van der Waals surface area (Å²) >= 11 is 0. The lowest BCUT2D eigenvalue weighted by molar-refractivity contribution is -0.826. The molecule has 0 aliphatic heterocycles. The predicted octanol–water partition coefficient (Wildman–Crippen LogP) is 1.78. The molecule has 0 N–H and O–H groups in total. The summed E-state index contributed by atoms with van der Waals surface area (Å²) < 4.78 is 0.585. The molecule has 0 unspecified atom stereocenters. The molecular weight excluding hydrogens is 136 g/mol. The van der Waals surface area contributed by atoms with Gasteiger partial charge in [0.05, 0.1) is 21.1 Å². The lowest BCUT2D eigenvalue weighted by Crippen LogP contribution is -2.32. The first-order valence-electron chi connectivity index (χ1n) is 3.62. The average Bonchev–Trinajstić information content (AvgIpc) is 1.79. The minimum Gasteiger partial charge on any atom is -0.758 e. The number of allylic oxidation sites excluding steroid dienone is 2. The standard InChI is InChI=1S/C9H16N2/c1-8(2)6-9(7-10)11(3,4)5/h6H,1-5H3. The first kappa shape index (κ1) is 10.2. The number of rotatable bonds is 2. The maximum absolute atomic E-state index is 8.76. The van der Waals surface area contributed by atoms with Crippen LogP contribution in [0.2, 0.25) is 0 Å². The molecular formula is C9H16N2. The van der Waals surface area contributed by atoms with Crippen LogP contribution in [-0.4, -0.2) is 31.5 Å². The van der Waals surface area contributed by atoms with Crippen molar-refractivity contribution in [3.8, 4) is 0 Å². The number of likely N-dealkylation sites (N-methyl/N-ethyl adjacent to an activating group) is 1. The Morgan fingerprint density at radius 1 is 1.27 bits per heavy atom. The molecule has 0 bridgehead atoms. The van der Waals surface area contributed by atoms with E-state index in [1.807, 2.05) is 41.1 Å². The largest absolute Gasteiger partial charge is 0.758 e. The van der Waals surface area contributed by atoms with Crippen LogP contribution in [0.4, 0.5) is 0 Å². The molecule has 62 valence electrons. The van der Waals surface area contributed by atoms with Gasteiger partial charge in [0.15, 0.2) is 5.70 Å². The van der Waals surface area contributed by atoms with Gasteiger partial charge in [-0.1, -0.05) is 5.57 Å². The van der Waals surface area contributed by atoms with Crippen LogP contribution >= 0.6 is 0 Å². The summed E-state index contributed by atoms with van der Waals surface area (Å²) in [6.45, 7) is 3.99. The van der Waals surface area contributed by atoms with E-state index in [1.165, 1.54) is 0 Å². The normalized spacial score (nSPS) is 10.3. The van der Waals surface area contributed by atoms with E-state index in [4.69, 9.17) is 5.41 Å². The fourth-order valence-corrected chi connectivity index (χ4v) is 0.649. The molecule has 0 heterocycles. The molecule has 0 aliphatic rings. The first-order valence-corrected chi connectivity index (χ1v) is 3.62. The third kappa shape index (κ3) is 3.76. The van der Waals surface area contributed by atoms with Crippen LogP contribution in [0.25, 0.3) is 5.41 Å². The van der Waals surface area contributed by atoms with E-state index in [0.29, 0.717) is 4.48 Å². The molecule has 0 aromatic heterocycles.